The average Bonchev–Trinajstić information content (AvgIpc) is 4.03. The van der Waals surface area contributed by atoms with Gasteiger partial charge in [-0.1, -0.05) is 67.6 Å². The normalized spacial score (nSPS) is 25.3. The highest BCUT2D eigenvalue weighted by Gasteiger charge is 2.75. The van der Waals surface area contributed by atoms with Crippen LogP contribution in [0.1, 0.15) is 111 Å². The molecule has 74 heavy (non-hydrogen) atoms. The number of nitrogens with one attached hydrogen (secondary N) is 2. The van der Waals surface area contributed by atoms with Crippen LogP contribution >= 0.6 is 23.2 Å². The van der Waals surface area contributed by atoms with Crippen molar-refractivity contribution in [1.29, 1.82) is 0 Å². The maximum atomic E-state index is 16.3. The highest BCUT2D eigenvalue weighted by atomic mass is 35.5. The number of hydrogen-bond donors (Lipinski definition) is 4. The van der Waals surface area contributed by atoms with E-state index < -0.39 is 86.4 Å². The SMILES string of the molecule is CCN1C(C(=O)NC23CCC(C(=O)O)(CC2)CC3)C(c2cccc(Cl)c2F)C2(C(=O)Nc3cc(Cl)ccc32)C12CCCCC2.NC(=O)C(=Cn1cnc(-c2cc(C(F)(F)F)cc(C(F)(F)F)c2)n1)c1cncnc1. The fraction of sp³-hybridized carbons (Fsp3) is 0.412. The maximum absolute atomic E-state index is 16.3. The Morgan fingerprint density at radius 2 is 1.53 bits per heavy atom. The number of rotatable bonds is 9. The maximum Gasteiger partial charge on any atom is 0.416 e. The molecule has 2 aromatic heterocycles. The molecule has 14 nitrogen and oxygen atoms in total. The van der Waals surface area contributed by atoms with E-state index in [4.69, 9.17) is 28.9 Å². The van der Waals surface area contributed by atoms with Gasteiger partial charge < -0.3 is 21.5 Å². The van der Waals surface area contributed by atoms with Crippen LogP contribution < -0.4 is 16.4 Å². The number of likely N-dealkylation sites (tertiary alicyclic amines) is 1. The molecule has 23 heteroatoms. The molecule has 6 aliphatic rings. The van der Waals surface area contributed by atoms with Crippen molar-refractivity contribution in [3.8, 4) is 11.4 Å². The van der Waals surface area contributed by atoms with Gasteiger partial charge in [0.15, 0.2) is 5.82 Å². The van der Waals surface area contributed by atoms with E-state index >= 15 is 4.39 Å². The highest BCUT2D eigenvalue weighted by Crippen LogP contribution is 2.67. The van der Waals surface area contributed by atoms with Crippen LogP contribution in [-0.4, -0.2) is 82.1 Å². The van der Waals surface area contributed by atoms with Crippen molar-refractivity contribution in [2.45, 2.75) is 118 Å². The van der Waals surface area contributed by atoms with Crippen LogP contribution in [0.3, 0.4) is 0 Å². The van der Waals surface area contributed by atoms with E-state index in [1.54, 1.807) is 24.3 Å². The summed E-state index contributed by atoms with van der Waals surface area (Å²) < 4.78 is 95.4. The molecule has 4 heterocycles. The van der Waals surface area contributed by atoms with E-state index in [2.05, 4.69) is 35.6 Å². The van der Waals surface area contributed by atoms with Crippen molar-refractivity contribution >= 4 is 64.4 Å². The monoisotopic (exact) mass is 1070 g/mol. The number of nitrogens with zero attached hydrogens (tertiary/aromatic N) is 6. The summed E-state index contributed by atoms with van der Waals surface area (Å²) in [5, 5.41) is 20.7. The summed E-state index contributed by atoms with van der Waals surface area (Å²) in [6, 6.07) is 10.4. The van der Waals surface area contributed by atoms with Gasteiger partial charge in [0.05, 0.1) is 33.2 Å². The van der Waals surface area contributed by atoms with Gasteiger partial charge in [0.1, 0.15) is 23.9 Å². The summed E-state index contributed by atoms with van der Waals surface area (Å²) >= 11 is 12.8. The third kappa shape index (κ3) is 8.96. The second-order valence-electron chi connectivity index (χ2n) is 19.6. The zero-order valence-electron chi connectivity index (χ0n) is 39.5. The van der Waals surface area contributed by atoms with Gasteiger partial charge in [-0.15, -0.1) is 5.10 Å². The predicted octanol–water partition coefficient (Wildman–Crippen LogP) is 10.1. The molecule has 11 rings (SSSR count). The standard InChI is InChI=1S/C34H38Cl2FN3O4.C17H10F6N6O/c1-2-40-27(28(41)39-32-16-13-31(14-17-32,15-18-32)30(43)44)25(21-7-6-8-23(36)26(21)37)34(33(40)11-4-3-5-12-33)22-10-9-20(35)19-24(22)38-29(34)42;18-16(19,20)11-1-9(2-12(3-11)17(21,22)23)15-27-8-29(28-15)6-13(14(24)30)10-4-25-7-26-5-10/h6-10,19,25,27H,2-5,11-18H2,1H3,(H,38,42)(H,39,41)(H,43,44);1-8H,(H2,24,30). The van der Waals surface area contributed by atoms with Gasteiger partial charge in [0.25, 0.3) is 5.91 Å². The van der Waals surface area contributed by atoms with Crippen molar-refractivity contribution in [3.63, 3.8) is 0 Å². The van der Waals surface area contributed by atoms with E-state index in [1.807, 2.05) is 13.0 Å². The second kappa shape index (κ2) is 19.4. The zero-order chi connectivity index (χ0) is 53.2. The number of likely N-dealkylation sites (N-methyl/N-ethyl adjacent to an activating group) is 1. The lowest BCUT2D eigenvalue weighted by atomic mass is 9.55. The van der Waals surface area contributed by atoms with Crippen molar-refractivity contribution in [2.75, 3.05) is 11.9 Å². The van der Waals surface area contributed by atoms with Gasteiger partial charge in [0, 0.05) is 57.4 Å². The summed E-state index contributed by atoms with van der Waals surface area (Å²) in [4.78, 5) is 66.8. The number of halogens is 9. The molecule has 5 fully saturated rings. The van der Waals surface area contributed by atoms with Gasteiger partial charge in [0.2, 0.25) is 11.8 Å². The molecule has 390 valence electrons. The fourth-order valence-corrected chi connectivity index (χ4v) is 12.8. The quantitative estimate of drug-likeness (QED) is 0.0814. The van der Waals surface area contributed by atoms with Crippen LogP contribution in [0.4, 0.5) is 36.4 Å². The van der Waals surface area contributed by atoms with Gasteiger partial charge in [-0.05, 0) is 105 Å². The molecule has 4 saturated carbocycles. The van der Waals surface area contributed by atoms with Crippen molar-refractivity contribution < 1.29 is 55.0 Å². The van der Waals surface area contributed by atoms with Crippen LogP contribution in [0.15, 0.2) is 79.6 Å². The number of hydrogen-bond acceptors (Lipinski definition) is 9. The molecular formula is C51H48Cl2F7N9O5. The van der Waals surface area contributed by atoms with Gasteiger partial charge in [-0.2, -0.15) is 26.3 Å². The lowest BCUT2D eigenvalue weighted by Gasteiger charge is -2.52. The molecule has 2 bridgehead atoms. The Kier molecular flexibility index (Phi) is 13.7. The minimum atomic E-state index is -5.01. The van der Waals surface area contributed by atoms with E-state index in [1.165, 1.54) is 24.8 Å². The number of aliphatic carboxylic acids is 1. The molecule has 3 unspecified atom stereocenters. The minimum Gasteiger partial charge on any atom is -0.481 e. The Hall–Kier alpha value is -6.45. The Bertz CT molecular complexity index is 3020. The number of fused-ring (bicyclic) bond motifs is 6. The van der Waals surface area contributed by atoms with Crippen molar-refractivity contribution in [2.24, 2.45) is 11.1 Å². The number of primary amides is 1. The second-order valence-corrected chi connectivity index (χ2v) is 20.5. The van der Waals surface area contributed by atoms with E-state index in [-0.39, 0.29) is 39.6 Å². The Balaban J connectivity index is 0.000000196. The Labute approximate surface area is 428 Å². The topological polar surface area (TPSA) is 198 Å². The van der Waals surface area contributed by atoms with Crippen molar-refractivity contribution in [1.82, 2.24) is 34.9 Å². The lowest BCUT2D eigenvalue weighted by molar-refractivity contribution is -0.157. The number of carbonyl (C=O) groups is 4. The van der Waals surface area contributed by atoms with E-state index in [0.717, 1.165) is 42.0 Å². The summed E-state index contributed by atoms with van der Waals surface area (Å²) in [7, 11) is 0. The van der Waals surface area contributed by atoms with Gasteiger partial charge in [-0.3, -0.25) is 24.1 Å². The number of amides is 3. The molecule has 1 saturated heterocycles. The Morgan fingerprint density at radius 3 is 2.11 bits per heavy atom. The summed E-state index contributed by atoms with van der Waals surface area (Å²) in [5.74, 6) is -4.03. The number of carboxylic acid groups (broad SMARTS) is 1. The summed E-state index contributed by atoms with van der Waals surface area (Å²) in [6.07, 6.45) is 3.29. The van der Waals surface area contributed by atoms with Crippen LogP contribution in [0.25, 0.3) is 23.2 Å². The summed E-state index contributed by atoms with van der Waals surface area (Å²) in [6.45, 7) is 2.50. The molecule has 3 aromatic carbocycles. The first-order valence-corrected chi connectivity index (χ1v) is 24.6. The molecule has 3 amide bonds. The van der Waals surface area contributed by atoms with Crippen LogP contribution in [0, 0.1) is 11.2 Å². The first-order valence-electron chi connectivity index (χ1n) is 23.8. The Morgan fingerprint density at radius 1 is 0.892 bits per heavy atom. The van der Waals surface area contributed by atoms with Crippen LogP contribution in [-0.2, 0) is 36.9 Å². The molecule has 2 spiro atoms. The number of carboxylic acids is 1. The fourth-order valence-electron chi connectivity index (χ4n) is 12.5. The number of aromatic nitrogens is 5. The van der Waals surface area contributed by atoms with E-state index in [0.29, 0.717) is 80.8 Å². The number of anilines is 1. The molecular weight excluding hydrogens is 1020 g/mol. The minimum absolute atomic E-state index is 0.000986. The number of nitrogens with two attached hydrogens (primary N) is 1. The van der Waals surface area contributed by atoms with Crippen molar-refractivity contribution in [3.05, 3.63) is 123 Å². The number of carbonyl (C=O) groups excluding carboxylic acids is 3. The first kappa shape index (κ1) is 52.4. The van der Waals surface area contributed by atoms with Gasteiger partial charge >= 0.3 is 18.3 Å². The highest BCUT2D eigenvalue weighted by molar-refractivity contribution is 6.31. The molecule has 5 N–H and O–H groups in total. The molecule has 0 radical (unpaired) electrons. The summed E-state index contributed by atoms with van der Waals surface area (Å²) in [5.41, 5.74) is 0.237. The predicted molar refractivity (Wildman–Crippen MR) is 257 cm³/mol. The molecule has 4 aliphatic carbocycles. The smallest absolute Gasteiger partial charge is 0.416 e. The molecule has 5 aromatic rings. The zero-order valence-corrected chi connectivity index (χ0v) is 41.0. The van der Waals surface area contributed by atoms with Crippen LogP contribution in [0.5, 0.6) is 0 Å². The molecule has 2 aliphatic heterocycles. The van der Waals surface area contributed by atoms with E-state index in [9.17, 15) is 50.6 Å². The molecule has 3 atom stereocenters. The first-order chi connectivity index (χ1) is 35.0. The largest absolute Gasteiger partial charge is 0.481 e. The lowest BCUT2D eigenvalue weighted by Crippen LogP contribution is -2.63. The van der Waals surface area contributed by atoms with Crippen LogP contribution in [0.2, 0.25) is 10.0 Å². The average molecular weight is 1070 g/mol. The number of alkyl halides is 6. The third-order valence-electron chi connectivity index (χ3n) is 15.9. The third-order valence-corrected chi connectivity index (χ3v) is 16.4. The van der Waals surface area contributed by atoms with Gasteiger partial charge in [-0.25, -0.2) is 24.0 Å². The number of benzene rings is 3.